The molecule has 3 rings (SSSR count). The number of rotatable bonds is 5. The second-order valence-corrected chi connectivity index (χ2v) is 6.31. The van der Waals surface area contributed by atoms with Gasteiger partial charge in [-0.15, -0.1) is 0 Å². The Morgan fingerprint density at radius 2 is 1.81 bits per heavy atom. The fraction of sp³-hybridized carbons (Fsp3) is 0.158. The van der Waals surface area contributed by atoms with E-state index in [1.807, 2.05) is 42.3 Å². The van der Waals surface area contributed by atoms with Crippen molar-refractivity contribution in [3.05, 3.63) is 76.9 Å². The van der Waals surface area contributed by atoms with E-state index in [1.165, 1.54) is 12.3 Å². The van der Waals surface area contributed by atoms with Crippen LogP contribution in [0.25, 0.3) is 0 Å². The fourth-order valence-corrected chi connectivity index (χ4v) is 2.63. The molecule has 0 amide bonds. The van der Waals surface area contributed by atoms with Crippen LogP contribution in [0.4, 0.5) is 30.6 Å². The monoisotopic (exact) mass is 392 g/mol. The maximum Gasteiger partial charge on any atom is 0.416 e. The Balaban J connectivity index is 1.80. The van der Waals surface area contributed by atoms with Crippen molar-refractivity contribution < 1.29 is 13.2 Å². The molecule has 8 heteroatoms. The molecular formula is C19H16ClF3N4. The Labute approximate surface area is 159 Å². The zero-order valence-electron chi connectivity index (χ0n) is 14.3. The third kappa shape index (κ3) is 4.89. The second kappa shape index (κ2) is 7.84. The lowest BCUT2D eigenvalue weighted by molar-refractivity contribution is -0.137. The van der Waals surface area contributed by atoms with Crippen LogP contribution in [0.3, 0.4) is 0 Å². The average molecular weight is 393 g/mol. The van der Waals surface area contributed by atoms with Crippen LogP contribution < -0.4 is 10.2 Å². The highest BCUT2D eigenvalue weighted by Gasteiger charge is 2.31. The van der Waals surface area contributed by atoms with Crippen molar-refractivity contribution in [2.75, 3.05) is 17.3 Å². The number of hydrogen-bond acceptors (Lipinski definition) is 4. The van der Waals surface area contributed by atoms with Crippen molar-refractivity contribution in [1.29, 1.82) is 0 Å². The third-order valence-corrected chi connectivity index (χ3v) is 4.13. The van der Waals surface area contributed by atoms with Gasteiger partial charge in [0.1, 0.15) is 5.82 Å². The first-order valence-corrected chi connectivity index (χ1v) is 8.42. The lowest BCUT2D eigenvalue weighted by Gasteiger charge is -2.18. The number of anilines is 3. The maximum absolute atomic E-state index is 12.9. The van der Waals surface area contributed by atoms with Crippen LogP contribution in [0, 0.1) is 0 Å². The minimum Gasteiger partial charge on any atom is -0.339 e. The zero-order chi connectivity index (χ0) is 19.4. The molecule has 27 heavy (non-hydrogen) atoms. The largest absolute Gasteiger partial charge is 0.416 e. The normalized spacial score (nSPS) is 11.3. The lowest BCUT2D eigenvalue weighted by atomic mass is 10.2. The van der Waals surface area contributed by atoms with Crippen LogP contribution in [-0.2, 0) is 12.7 Å². The molecule has 0 unspecified atom stereocenters. The molecule has 140 valence electrons. The van der Waals surface area contributed by atoms with Gasteiger partial charge in [0.15, 0.2) is 0 Å². The standard InChI is InChI=1S/C19H16ClF3N4/c1-27(12-13-5-3-2-4-6-13)18-24-10-9-17(26-18)25-16-11-14(19(21,22)23)7-8-15(16)20/h2-11H,12H2,1H3,(H,24,25,26). The topological polar surface area (TPSA) is 41.1 Å². The molecule has 0 bridgehead atoms. The quantitative estimate of drug-likeness (QED) is 0.620. The Hall–Kier alpha value is -2.80. The van der Waals surface area contributed by atoms with E-state index in [-0.39, 0.29) is 10.7 Å². The van der Waals surface area contributed by atoms with Crippen molar-refractivity contribution in [2.24, 2.45) is 0 Å². The van der Waals surface area contributed by atoms with Gasteiger partial charge in [-0.05, 0) is 29.8 Å². The Morgan fingerprint density at radius 1 is 1.07 bits per heavy atom. The molecule has 1 aromatic heterocycles. The van der Waals surface area contributed by atoms with Crippen LogP contribution in [0.1, 0.15) is 11.1 Å². The molecule has 0 fully saturated rings. The molecule has 0 aliphatic heterocycles. The van der Waals surface area contributed by atoms with Crippen molar-refractivity contribution >= 4 is 29.1 Å². The summed E-state index contributed by atoms with van der Waals surface area (Å²) in [6.07, 6.45) is -2.92. The van der Waals surface area contributed by atoms with E-state index >= 15 is 0 Å². The number of aromatic nitrogens is 2. The first-order chi connectivity index (χ1) is 12.8. The molecular weight excluding hydrogens is 377 g/mol. The van der Waals surface area contributed by atoms with Crippen LogP contribution in [0.5, 0.6) is 0 Å². The SMILES string of the molecule is CN(Cc1ccccc1)c1nccc(Nc2cc(C(F)(F)F)ccc2Cl)n1. The summed E-state index contributed by atoms with van der Waals surface area (Å²) < 4.78 is 38.7. The summed E-state index contributed by atoms with van der Waals surface area (Å²) in [6.45, 7) is 0.592. The molecule has 0 aliphatic carbocycles. The number of nitrogens with one attached hydrogen (secondary N) is 1. The number of alkyl halides is 3. The minimum atomic E-state index is -4.45. The van der Waals surface area contributed by atoms with Crippen molar-refractivity contribution in [1.82, 2.24) is 9.97 Å². The van der Waals surface area contributed by atoms with Crippen LogP contribution in [-0.4, -0.2) is 17.0 Å². The van der Waals surface area contributed by atoms with Gasteiger partial charge in [0.2, 0.25) is 5.95 Å². The highest BCUT2D eigenvalue weighted by molar-refractivity contribution is 6.33. The molecule has 4 nitrogen and oxygen atoms in total. The Morgan fingerprint density at radius 3 is 2.52 bits per heavy atom. The molecule has 0 saturated heterocycles. The van der Waals surface area contributed by atoms with E-state index in [2.05, 4.69) is 15.3 Å². The molecule has 1 N–H and O–H groups in total. The molecule has 0 atom stereocenters. The van der Waals surface area contributed by atoms with Crippen molar-refractivity contribution in [3.8, 4) is 0 Å². The number of nitrogens with zero attached hydrogens (tertiary/aromatic N) is 3. The first-order valence-electron chi connectivity index (χ1n) is 8.05. The predicted octanol–water partition coefficient (Wildman–Crippen LogP) is 5.53. The molecule has 1 heterocycles. The first kappa shape index (κ1) is 19.0. The summed E-state index contributed by atoms with van der Waals surface area (Å²) in [4.78, 5) is 10.4. The van der Waals surface area contributed by atoms with Crippen molar-refractivity contribution in [3.63, 3.8) is 0 Å². The van der Waals surface area contributed by atoms with E-state index in [0.29, 0.717) is 18.3 Å². The molecule has 3 aromatic rings. The summed E-state index contributed by atoms with van der Waals surface area (Å²) in [5.74, 6) is 0.785. The predicted molar refractivity (Wildman–Crippen MR) is 100 cm³/mol. The third-order valence-electron chi connectivity index (χ3n) is 3.80. The van der Waals surface area contributed by atoms with Gasteiger partial charge in [-0.1, -0.05) is 41.9 Å². The zero-order valence-corrected chi connectivity index (χ0v) is 15.1. The summed E-state index contributed by atoms with van der Waals surface area (Å²) in [5, 5.41) is 3.00. The summed E-state index contributed by atoms with van der Waals surface area (Å²) in [7, 11) is 1.84. The van der Waals surface area contributed by atoms with Gasteiger partial charge in [-0.3, -0.25) is 0 Å². The van der Waals surface area contributed by atoms with Crippen LogP contribution >= 0.6 is 11.6 Å². The summed E-state index contributed by atoms with van der Waals surface area (Å²) in [5.41, 5.74) is 0.426. The van der Waals surface area contributed by atoms with Gasteiger partial charge in [-0.25, -0.2) is 4.98 Å². The molecule has 2 aromatic carbocycles. The van der Waals surface area contributed by atoms with Gasteiger partial charge in [0.05, 0.1) is 16.3 Å². The van der Waals surface area contributed by atoms with E-state index in [4.69, 9.17) is 11.6 Å². The number of benzene rings is 2. The molecule has 0 radical (unpaired) electrons. The van der Waals surface area contributed by atoms with E-state index in [1.54, 1.807) is 6.07 Å². The van der Waals surface area contributed by atoms with Gasteiger partial charge in [0, 0.05) is 19.8 Å². The average Bonchev–Trinajstić information content (AvgIpc) is 2.64. The minimum absolute atomic E-state index is 0.127. The highest BCUT2D eigenvalue weighted by atomic mass is 35.5. The van der Waals surface area contributed by atoms with Crippen LogP contribution in [0.2, 0.25) is 5.02 Å². The summed E-state index contributed by atoms with van der Waals surface area (Å²) >= 11 is 6.02. The van der Waals surface area contributed by atoms with Gasteiger partial charge in [0.25, 0.3) is 0 Å². The molecule has 0 aliphatic rings. The van der Waals surface area contributed by atoms with E-state index in [9.17, 15) is 13.2 Å². The van der Waals surface area contributed by atoms with E-state index in [0.717, 1.165) is 17.7 Å². The Bertz CT molecular complexity index is 916. The number of hydrogen-bond donors (Lipinski definition) is 1. The van der Waals surface area contributed by atoms with Gasteiger partial charge < -0.3 is 10.2 Å². The van der Waals surface area contributed by atoms with Gasteiger partial charge >= 0.3 is 6.18 Å². The number of halogens is 4. The lowest BCUT2D eigenvalue weighted by Crippen LogP contribution is -2.19. The molecule has 0 saturated carbocycles. The van der Waals surface area contributed by atoms with Crippen LogP contribution in [0.15, 0.2) is 60.8 Å². The maximum atomic E-state index is 12.9. The Kier molecular flexibility index (Phi) is 5.51. The smallest absolute Gasteiger partial charge is 0.339 e. The fourth-order valence-electron chi connectivity index (χ4n) is 2.47. The van der Waals surface area contributed by atoms with Gasteiger partial charge in [-0.2, -0.15) is 18.2 Å². The second-order valence-electron chi connectivity index (χ2n) is 5.90. The molecule has 0 spiro atoms. The summed E-state index contributed by atoms with van der Waals surface area (Å²) in [6, 6.07) is 14.5. The van der Waals surface area contributed by atoms with Crippen molar-refractivity contribution in [2.45, 2.75) is 12.7 Å². The van der Waals surface area contributed by atoms with E-state index < -0.39 is 11.7 Å². The highest BCUT2D eigenvalue weighted by Crippen LogP contribution is 2.34.